The molecule has 1 spiro atoms. The molecule has 1 aromatic carbocycles. The Morgan fingerprint density at radius 1 is 1.16 bits per heavy atom. The zero-order valence-electron chi connectivity index (χ0n) is 15.0. The van der Waals surface area contributed by atoms with Crippen molar-refractivity contribution in [1.29, 1.82) is 0 Å². The monoisotopic (exact) mass is 454 g/mol. The predicted molar refractivity (Wildman–Crippen MR) is 114 cm³/mol. The quantitative estimate of drug-likeness (QED) is 0.416. The Labute approximate surface area is 168 Å². The average Bonchev–Trinajstić information content (AvgIpc) is 3.02. The van der Waals surface area contributed by atoms with Crippen molar-refractivity contribution in [3.8, 4) is 0 Å². The van der Waals surface area contributed by atoms with Gasteiger partial charge in [-0.15, -0.1) is 24.0 Å². The number of hydrogen-bond acceptors (Lipinski definition) is 2. The highest BCUT2D eigenvalue weighted by molar-refractivity contribution is 14.0. The molecule has 3 fully saturated rings. The summed E-state index contributed by atoms with van der Waals surface area (Å²) in [7, 11) is 0. The molecule has 1 saturated heterocycles. The number of nitrogens with two attached hydrogens (primary N) is 1. The first kappa shape index (κ1) is 19.0. The first-order chi connectivity index (χ1) is 11.7. The topological polar surface area (TPSA) is 53.6 Å². The van der Waals surface area contributed by atoms with Crippen molar-refractivity contribution >= 4 is 29.9 Å². The fraction of sp³-hybridized carbons (Fsp3) is 0.650. The van der Waals surface area contributed by atoms with Crippen LogP contribution in [0.25, 0.3) is 0 Å². The predicted octanol–water partition coefficient (Wildman–Crippen LogP) is 3.51. The Kier molecular flexibility index (Phi) is 6.25. The maximum atomic E-state index is 6.18. The molecule has 0 aromatic heterocycles. The number of piperidine rings is 1. The fourth-order valence-electron chi connectivity index (χ4n) is 4.62. The van der Waals surface area contributed by atoms with Crippen LogP contribution in [0, 0.1) is 5.41 Å². The number of likely N-dealkylation sites (tertiary alicyclic amines) is 1. The standard InChI is InChI=1S/C20H30N4.HI/c21-19(23-18-14-20(18)10-4-5-11-20)22-17-8-12-24(13-9-17)15-16-6-2-1-3-7-16;/h1-3,6-7,17-18H,4-5,8-15H2,(H3,21,22,23);1H. The van der Waals surface area contributed by atoms with Crippen molar-refractivity contribution in [3.63, 3.8) is 0 Å². The second-order valence-corrected chi connectivity index (χ2v) is 7.98. The van der Waals surface area contributed by atoms with Crippen molar-refractivity contribution in [1.82, 2.24) is 10.2 Å². The number of rotatable bonds is 4. The van der Waals surface area contributed by atoms with Crippen molar-refractivity contribution in [2.75, 3.05) is 13.1 Å². The van der Waals surface area contributed by atoms with Crippen LogP contribution >= 0.6 is 24.0 Å². The van der Waals surface area contributed by atoms with Crippen molar-refractivity contribution in [2.24, 2.45) is 16.1 Å². The van der Waals surface area contributed by atoms with Gasteiger partial charge >= 0.3 is 0 Å². The van der Waals surface area contributed by atoms with Gasteiger partial charge < -0.3 is 11.1 Å². The number of aliphatic imine (C=N–C) groups is 1. The van der Waals surface area contributed by atoms with Crippen LogP contribution in [0.1, 0.15) is 50.5 Å². The third-order valence-electron chi connectivity index (χ3n) is 6.23. The van der Waals surface area contributed by atoms with E-state index in [0.29, 0.717) is 23.5 Å². The summed E-state index contributed by atoms with van der Waals surface area (Å²) in [6.45, 7) is 3.32. The first-order valence-electron chi connectivity index (χ1n) is 9.60. The highest BCUT2D eigenvalue weighted by atomic mass is 127. The number of benzene rings is 1. The van der Waals surface area contributed by atoms with E-state index in [1.54, 1.807) is 0 Å². The van der Waals surface area contributed by atoms with E-state index in [4.69, 9.17) is 10.7 Å². The molecule has 0 amide bonds. The summed E-state index contributed by atoms with van der Waals surface area (Å²) in [5, 5.41) is 3.48. The first-order valence-corrected chi connectivity index (χ1v) is 9.60. The highest BCUT2D eigenvalue weighted by Crippen LogP contribution is 2.59. The summed E-state index contributed by atoms with van der Waals surface area (Å²) in [5.74, 6) is 0.685. The van der Waals surface area contributed by atoms with Crippen molar-refractivity contribution in [2.45, 2.75) is 63.6 Å². The maximum absolute atomic E-state index is 6.18. The van der Waals surface area contributed by atoms with Crippen molar-refractivity contribution in [3.05, 3.63) is 35.9 Å². The van der Waals surface area contributed by atoms with Crippen LogP contribution in [0.15, 0.2) is 35.3 Å². The number of hydrogen-bond donors (Lipinski definition) is 2. The largest absolute Gasteiger partial charge is 0.370 e. The lowest BCUT2D eigenvalue weighted by Crippen LogP contribution is -2.47. The van der Waals surface area contributed by atoms with Crippen LogP contribution < -0.4 is 11.1 Å². The number of guanidine groups is 1. The molecule has 0 radical (unpaired) electrons. The van der Waals surface area contributed by atoms with Gasteiger partial charge in [-0.25, -0.2) is 4.99 Å². The molecule has 1 atom stereocenters. The minimum absolute atomic E-state index is 0. The Bertz CT molecular complexity index is 575. The molecule has 25 heavy (non-hydrogen) atoms. The van der Waals surface area contributed by atoms with Crippen LogP contribution in [0.5, 0.6) is 0 Å². The molecule has 1 aromatic rings. The van der Waals surface area contributed by atoms with E-state index in [1.165, 1.54) is 37.7 Å². The summed E-state index contributed by atoms with van der Waals surface area (Å²) in [4.78, 5) is 7.31. The Hall–Kier alpha value is -0.820. The van der Waals surface area contributed by atoms with Crippen LogP contribution in [0.4, 0.5) is 0 Å². The minimum atomic E-state index is 0. The third-order valence-corrected chi connectivity index (χ3v) is 6.23. The van der Waals surface area contributed by atoms with Crippen LogP contribution in [0.3, 0.4) is 0 Å². The zero-order valence-corrected chi connectivity index (χ0v) is 17.3. The molecule has 3 N–H and O–H groups in total. The minimum Gasteiger partial charge on any atom is -0.370 e. The van der Waals surface area contributed by atoms with Gasteiger partial charge in [0.1, 0.15) is 0 Å². The Balaban J connectivity index is 0.00000182. The van der Waals surface area contributed by atoms with Gasteiger partial charge in [0.15, 0.2) is 5.96 Å². The molecule has 1 heterocycles. The smallest absolute Gasteiger partial charge is 0.189 e. The van der Waals surface area contributed by atoms with E-state index in [1.807, 2.05) is 0 Å². The number of halogens is 1. The molecule has 3 aliphatic rings. The summed E-state index contributed by atoms with van der Waals surface area (Å²) in [6.07, 6.45) is 9.08. The Morgan fingerprint density at radius 2 is 1.84 bits per heavy atom. The van der Waals surface area contributed by atoms with Gasteiger partial charge in [-0.3, -0.25) is 4.90 Å². The van der Waals surface area contributed by atoms with E-state index >= 15 is 0 Å². The Morgan fingerprint density at radius 3 is 2.52 bits per heavy atom. The van der Waals surface area contributed by atoms with E-state index in [9.17, 15) is 0 Å². The number of nitrogens with zero attached hydrogens (tertiary/aromatic N) is 2. The molecule has 2 saturated carbocycles. The van der Waals surface area contributed by atoms with Gasteiger partial charge in [-0.2, -0.15) is 0 Å². The van der Waals surface area contributed by atoms with Crippen LogP contribution in [0.2, 0.25) is 0 Å². The lowest BCUT2D eigenvalue weighted by atomic mass is 10.0. The van der Waals surface area contributed by atoms with E-state index in [0.717, 1.165) is 32.5 Å². The SMILES string of the molecule is I.NC(=NC1CC12CCCC2)NC1CCN(Cc2ccccc2)CC1. The highest BCUT2D eigenvalue weighted by Gasteiger charge is 2.55. The molecule has 138 valence electrons. The maximum Gasteiger partial charge on any atom is 0.189 e. The molecule has 4 rings (SSSR count). The van der Waals surface area contributed by atoms with E-state index < -0.39 is 0 Å². The lowest BCUT2D eigenvalue weighted by molar-refractivity contribution is 0.199. The normalized spacial score (nSPS) is 26.4. The van der Waals surface area contributed by atoms with Gasteiger partial charge in [0, 0.05) is 25.7 Å². The molecule has 1 unspecified atom stereocenters. The van der Waals surface area contributed by atoms with Crippen molar-refractivity contribution < 1.29 is 0 Å². The summed E-state index contributed by atoms with van der Waals surface area (Å²) in [6, 6.07) is 11.7. The lowest BCUT2D eigenvalue weighted by Gasteiger charge is -2.32. The van der Waals surface area contributed by atoms with Gasteiger partial charge in [0.05, 0.1) is 6.04 Å². The molecule has 0 bridgehead atoms. The van der Waals surface area contributed by atoms with E-state index in [2.05, 4.69) is 40.5 Å². The van der Waals surface area contributed by atoms with Gasteiger partial charge in [0.25, 0.3) is 0 Å². The number of nitrogens with one attached hydrogen (secondary N) is 1. The van der Waals surface area contributed by atoms with Crippen LogP contribution in [-0.4, -0.2) is 36.0 Å². The zero-order chi connectivity index (χ0) is 16.4. The second-order valence-electron chi connectivity index (χ2n) is 7.98. The summed E-state index contributed by atoms with van der Waals surface area (Å²) in [5.41, 5.74) is 8.13. The van der Waals surface area contributed by atoms with Gasteiger partial charge in [-0.05, 0) is 43.1 Å². The van der Waals surface area contributed by atoms with E-state index in [-0.39, 0.29) is 24.0 Å². The average molecular weight is 454 g/mol. The molecule has 2 aliphatic carbocycles. The molecule has 4 nitrogen and oxygen atoms in total. The van der Waals surface area contributed by atoms with Crippen LogP contribution in [-0.2, 0) is 6.54 Å². The second kappa shape index (κ2) is 8.25. The van der Waals surface area contributed by atoms with Gasteiger partial charge in [-0.1, -0.05) is 43.2 Å². The summed E-state index contributed by atoms with van der Waals surface area (Å²) >= 11 is 0. The summed E-state index contributed by atoms with van der Waals surface area (Å²) < 4.78 is 0. The molecule has 5 heteroatoms. The molecular formula is C20H31IN4. The molecule has 1 aliphatic heterocycles. The molecular weight excluding hydrogens is 423 g/mol. The fourth-order valence-corrected chi connectivity index (χ4v) is 4.62. The third kappa shape index (κ3) is 4.67. The van der Waals surface area contributed by atoms with Gasteiger partial charge in [0.2, 0.25) is 0 Å².